The number of aryl methyl sites for hydroxylation is 1. The summed E-state index contributed by atoms with van der Waals surface area (Å²) in [5, 5.41) is 1.29. The van der Waals surface area contributed by atoms with Crippen molar-refractivity contribution in [3.63, 3.8) is 0 Å². The smallest absolute Gasteiger partial charge is 0.0480 e. The third-order valence-electron chi connectivity index (χ3n) is 4.44. The molecule has 20 heavy (non-hydrogen) atoms. The van der Waals surface area contributed by atoms with E-state index in [1.807, 2.05) is 0 Å². The standard InChI is InChI=1S/C19H20N/c1-4-19(2,16-8-6-5-7-9-16)17-11-10-15-12-13-20(3)18(15)14-17/h5-14H,1,4H2,2-3H3. The maximum absolute atomic E-state index is 4.19. The molecule has 1 unspecified atom stereocenters. The molecule has 3 rings (SSSR count). The van der Waals surface area contributed by atoms with Crippen molar-refractivity contribution >= 4 is 10.9 Å². The molecule has 0 saturated heterocycles. The van der Waals surface area contributed by atoms with Crippen LogP contribution >= 0.6 is 0 Å². The molecule has 0 N–H and O–H groups in total. The lowest BCUT2D eigenvalue weighted by Gasteiger charge is -2.30. The van der Waals surface area contributed by atoms with E-state index in [0.29, 0.717) is 0 Å². The Balaban J connectivity index is 2.18. The second-order valence-electron chi connectivity index (χ2n) is 5.65. The summed E-state index contributed by atoms with van der Waals surface area (Å²) in [5.41, 5.74) is 3.88. The highest BCUT2D eigenvalue weighted by Crippen LogP contribution is 2.36. The number of hydrogen-bond donors (Lipinski definition) is 0. The zero-order valence-electron chi connectivity index (χ0n) is 12.1. The van der Waals surface area contributed by atoms with E-state index in [1.54, 1.807) is 0 Å². The van der Waals surface area contributed by atoms with E-state index < -0.39 is 0 Å². The number of hydrogen-bond acceptors (Lipinski definition) is 0. The third-order valence-corrected chi connectivity index (χ3v) is 4.44. The molecule has 3 aromatic rings. The SMILES string of the molecule is [CH2]CC(C)(c1ccccc1)c1ccc2ccn(C)c2c1. The highest BCUT2D eigenvalue weighted by molar-refractivity contribution is 5.81. The van der Waals surface area contributed by atoms with Crippen molar-refractivity contribution in [3.05, 3.63) is 78.8 Å². The van der Waals surface area contributed by atoms with Crippen LogP contribution in [0.15, 0.2) is 60.8 Å². The fourth-order valence-corrected chi connectivity index (χ4v) is 2.87. The van der Waals surface area contributed by atoms with Crippen molar-refractivity contribution in [2.75, 3.05) is 0 Å². The number of rotatable bonds is 3. The van der Waals surface area contributed by atoms with Gasteiger partial charge in [-0.3, -0.25) is 0 Å². The van der Waals surface area contributed by atoms with E-state index in [1.165, 1.54) is 22.0 Å². The van der Waals surface area contributed by atoms with E-state index in [9.17, 15) is 0 Å². The second kappa shape index (κ2) is 4.82. The number of aromatic nitrogens is 1. The number of benzene rings is 2. The van der Waals surface area contributed by atoms with Crippen molar-refractivity contribution in [3.8, 4) is 0 Å². The topological polar surface area (TPSA) is 4.93 Å². The normalized spacial score (nSPS) is 14.3. The molecule has 1 atom stereocenters. The molecule has 0 bridgehead atoms. The zero-order chi connectivity index (χ0) is 14.2. The predicted octanol–water partition coefficient (Wildman–Crippen LogP) is 4.71. The van der Waals surface area contributed by atoms with Gasteiger partial charge in [-0.15, -0.1) is 0 Å². The summed E-state index contributed by atoms with van der Waals surface area (Å²) in [6.07, 6.45) is 2.95. The van der Waals surface area contributed by atoms with Crippen molar-refractivity contribution in [2.24, 2.45) is 7.05 Å². The minimum Gasteiger partial charge on any atom is -0.351 e. The number of fused-ring (bicyclic) bond motifs is 1. The molecule has 1 radical (unpaired) electrons. The van der Waals surface area contributed by atoms with Gasteiger partial charge < -0.3 is 4.57 Å². The van der Waals surface area contributed by atoms with E-state index in [4.69, 9.17) is 0 Å². The van der Waals surface area contributed by atoms with Crippen LogP contribution in [0.25, 0.3) is 10.9 Å². The maximum atomic E-state index is 4.19. The van der Waals surface area contributed by atoms with Crippen molar-refractivity contribution in [1.29, 1.82) is 0 Å². The summed E-state index contributed by atoms with van der Waals surface area (Å²) in [4.78, 5) is 0. The summed E-state index contributed by atoms with van der Waals surface area (Å²) < 4.78 is 2.17. The minimum atomic E-state index is -0.0419. The van der Waals surface area contributed by atoms with Gasteiger partial charge in [0.05, 0.1) is 0 Å². The Bertz CT molecular complexity index is 724. The fourth-order valence-electron chi connectivity index (χ4n) is 2.87. The highest BCUT2D eigenvalue weighted by atomic mass is 14.9. The van der Waals surface area contributed by atoms with Crippen molar-refractivity contribution in [2.45, 2.75) is 18.8 Å². The van der Waals surface area contributed by atoms with Gasteiger partial charge in [0.1, 0.15) is 0 Å². The quantitative estimate of drug-likeness (QED) is 0.644. The average molecular weight is 262 g/mol. The first-order valence-corrected chi connectivity index (χ1v) is 7.05. The van der Waals surface area contributed by atoms with Gasteiger partial charge in [-0.25, -0.2) is 0 Å². The molecule has 1 heteroatoms. The van der Waals surface area contributed by atoms with Crippen LogP contribution < -0.4 is 0 Å². The highest BCUT2D eigenvalue weighted by Gasteiger charge is 2.27. The fraction of sp³-hybridized carbons (Fsp3) is 0.211. The largest absolute Gasteiger partial charge is 0.351 e. The Morgan fingerprint density at radius 1 is 1.00 bits per heavy atom. The Kier molecular flexibility index (Phi) is 3.13. The third kappa shape index (κ3) is 1.94. The van der Waals surface area contributed by atoms with Gasteiger partial charge in [0.2, 0.25) is 0 Å². The Morgan fingerprint density at radius 3 is 2.45 bits per heavy atom. The molecule has 0 aliphatic carbocycles. The molecule has 1 heterocycles. The van der Waals surface area contributed by atoms with E-state index in [-0.39, 0.29) is 5.41 Å². The van der Waals surface area contributed by atoms with Crippen molar-refractivity contribution < 1.29 is 0 Å². The van der Waals surface area contributed by atoms with Gasteiger partial charge in [-0.1, -0.05) is 56.3 Å². The molecule has 0 amide bonds. The predicted molar refractivity (Wildman–Crippen MR) is 85.8 cm³/mol. The van der Waals surface area contributed by atoms with Crippen LogP contribution in [0, 0.1) is 6.92 Å². The summed E-state index contributed by atoms with van der Waals surface area (Å²) in [6.45, 7) is 6.47. The Morgan fingerprint density at radius 2 is 1.75 bits per heavy atom. The molecule has 0 aliphatic rings. The summed E-state index contributed by atoms with van der Waals surface area (Å²) >= 11 is 0. The lowest BCUT2D eigenvalue weighted by atomic mass is 9.74. The molecule has 2 aromatic carbocycles. The lowest BCUT2D eigenvalue weighted by molar-refractivity contribution is 0.579. The van der Waals surface area contributed by atoms with Crippen LogP contribution in [0.5, 0.6) is 0 Å². The van der Waals surface area contributed by atoms with Crippen LogP contribution in [-0.2, 0) is 12.5 Å². The van der Waals surface area contributed by atoms with Gasteiger partial charge in [0, 0.05) is 24.2 Å². The average Bonchev–Trinajstić information content (AvgIpc) is 2.88. The second-order valence-corrected chi connectivity index (χ2v) is 5.65. The molecule has 0 spiro atoms. The first kappa shape index (κ1) is 13.0. The van der Waals surface area contributed by atoms with Gasteiger partial charge in [0.15, 0.2) is 0 Å². The van der Waals surface area contributed by atoms with Crippen molar-refractivity contribution in [1.82, 2.24) is 4.57 Å². The van der Waals surface area contributed by atoms with Crippen LogP contribution in [0.3, 0.4) is 0 Å². The van der Waals surface area contributed by atoms with Crippen LogP contribution in [0.4, 0.5) is 0 Å². The molecular formula is C19H20N. The van der Waals surface area contributed by atoms with Gasteiger partial charge in [-0.05, 0) is 35.1 Å². The van der Waals surface area contributed by atoms with Gasteiger partial charge in [-0.2, -0.15) is 0 Å². The molecule has 0 saturated carbocycles. The monoisotopic (exact) mass is 262 g/mol. The molecule has 1 aromatic heterocycles. The van der Waals surface area contributed by atoms with Crippen LogP contribution in [-0.4, -0.2) is 4.57 Å². The molecule has 0 fully saturated rings. The summed E-state index contributed by atoms with van der Waals surface area (Å²) in [6, 6.07) is 19.6. The minimum absolute atomic E-state index is 0.0419. The van der Waals surface area contributed by atoms with E-state index in [2.05, 4.69) is 86.3 Å². The van der Waals surface area contributed by atoms with Crippen LogP contribution in [0.2, 0.25) is 0 Å². The zero-order valence-corrected chi connectivity index (χ0v) is 12.1. The van der Waals surface area contributed by atoms with Crippen LogP contribution in [0.1, 0.15) is 24.5 Å². The first-order valence-electron chi connectivity index (χ1n) is 7.05. The molecule has 101 valence electrons. The van der Waals surface area contributed by atoms with Gasteiger partial charge in [0.25, 0.3) is 0 Å². The summed E-state index contributed by atoms with van der Waals surface area (Å²) in [5.74, 6) is 0. The molecule has 0 aliphatic heterocycles. The number of nitrogens with zero attached hydrogens (tertiary/aromatic N) is 1. The molecular weight excluding hydrogens is 242 g/mol. The van der Waals surface area contributed by atoms with E-state index >= 15 is 0 Å². The summed E-state index contributed by atoms with van der Waals surface area (Å²) in [7, 11) is 2.09. The Hall–Kier alpha value is -2.02. The maximum Gasteiger partial charge on any atom is 0.0480 e. The lowest BCUT2D eigenvalue weighted by Crippen LogP contribution is -2.22. The molecule has 1 nitrogen and oxygen atoms in total. The first-order chi connectivity index (χ1) is 9.65. The van der Waals surface area contributed by atoms with Gasteiger partial charge >= 0.3 is 0 Å². The Labute approximate surface area is 120 Å². The van der Waals surface area contributed by atoms with E-state index in [0.717, 1.165) is 6.42 Å².